The summed E-state index contributed by atoms with van der Waals surface area (Å²) < 4.78 is 11.7. The summed E-state index contributed by atoms with van der Waals surface area (Å²) in [5.41, 5.74) is 2.88. The van der Waals surface area contributed by atoms with Crippen LogP contribution in [-0.2, 0) is 20.6 Å². The Morgan fingerprint density at radius 3 is 2.21 bits per heavy atom. The molecular formula is C24H32BNO3. The quantitative estimate of drug-likeness (QED) is 0.678. The minimum absolute atomic E-state index is 0.00753. The molecule has 5 heteroatoms. The molecule has 0 aromatic heterocycles. The summed E-state index contributed by atoms with van der Waals surface area (Å²) in [6.45, 7) is 14.3. The normalized spacial score (nSPS) is 17.7. The number of benzene rings is 2. The smallest absolute Gasteiger partial charge is 0.504 e. The second-order valence-electron chi connectivity index (χ2n) is 9.32. The second kappa shape index (κ2) is 8.33. The Labute approximate surface area is 175 Å². The molecule has 1 heterocycles. The van der Waals surface area contributed by atoms with Crippen LogP contribution in [0.2, 0.25) is 0 Å². The average molecular weight is 393 g/mol. The molecule has 2 aromatic rings. The highest BCUT2D eigenvalue weighted by Crippen LogP contribution is 2.31. The van der Waals surface area contributed by atoms with Crippen molar-refractivity contribution in [3.05, 3.63) is 65.7 Å². The first-order valence-corrected chi connectivity index (χ1v) is 10.4. The Bertz CT molecular complexity index is 845. The molecular weight excluding hydrogens is 361 g/mol. The van der Waals surface area contributed by atoms with E-state index in [1.165, 1.54) is 0 Å². The molecule has 0 aliphatic carbocycles. The Morgan fingerprint density at radius 2 is 1.59 bits per heavy atom. The number of hydrogen-bond donors (Lipinski definition) is 0. The van der Waals surface area contributed by atoms with Crippen molar-refractivity contribution in [1.29, 1.82) is 0 Å². The molecule has 2 aromatic carbocycles. The number of rotatable bonds is 6. The molecule has 0 bridgehead atoms. The predicted molar refractivity (Wildman–Crippen MR) is 118 cm³/mol. The van der Waals surface area contributed by atoms with Crippen LogP contribution >= 0.6 is 0 Å². The minimum Gasteiger partial charge on any atom is -0.504 e. The van der Waals surface area contributed by atoms with E-state index in [-0.39, 0.29) is 17.0 Å². The highest BCUT2D eigenvalue weighted by atomic mass is 16.7. The lowest BCUT2D eigenvalue weighted by Crippen LogP contribution is -2.54. The highest BCUT2D eigenvalue weighted by Gasteiger charge is 2.43. The average Bonchev–Trinajstić information content (AvgIpc) is 3.07. The molecule has 0 spiro atoms. The molecule has 4 nitrogen and oxygen atoms in total. The van der Waals surface area contributed by atoms with Gasteiger partial charge in [-0.05, 0) is 52.2 Å². The monoisotopic (exact) mass is 393 g/mol. The third-order valence-corrected chi connectivity index (χ3v) is 5.84. The molecule has 1 aliphatic rings. The maximum atomic E-state index is 12.5. The Hall–Kier alpha value is -2.11. The van der Waals surface area contributed by atoms with Crippen molar-refractivity contribution in [1.82, 2.24) is 4.90 Å². The van der Waals surface area contributed by atoms with Crippen molar-refractivity contribution in [3.63, 3.8) is 0 Å². The van der Waals surface area contributed by atoms with Gasteiger partial charge in [-0.15, -0.1) is 0 Å². The van der Waals surface area contributed by atoms with Crippen LogP contribution in [0.4, 0.5) is 0 Å². The van der Waals surface area contributed by atoms with E-state index in [9.17, 15) is 4.79 Å². The Morgan fingerprint density at radius 1 is 0.966 bits per heavy atom. The van der Waals surface area contributed by atoms with Crippen LogP contribution in [0.25, 0.3) is 0 Å². The van der Waals surface area contributed by atoms with Crippen LogP contribution in [-0.4, -0.2) is 29.1 Å². The molecule has 0 N–H and O–H groups in total. The van der Waals surface area contributed by atoms with Gasteiger partial charge in [0, 0.05) is 23.1 Å². The largest absolute Gasteiger partial charge is 0.565 e. The molecule has 1 saturated heterocycles. The topological polar surface area (TPSA) is 38.8 Å². The van der Waals surface area contributed by atoms with E-state index in [2.05, 4.69) is 52.5 Å². The lowest BCUT2D eigenvalue weighted by atomic mass is 9.75. The zero-order valence-corrected chi connectivity index (χ0v) is 18.4. The zero-order chi connectivity index (χ0) is 21.2. The van der Waals surface area contributed by atoms with Gasteiger partial charge >= 0.3 is 13.1 Å². The molecule has 3 rings (SSSR count). The highest BCUT2D eigenvalue weighted by molar-refractivity contribution is 6.64. The molecule has 154 valence electrons. The fourth-order valence-corrected chi connectivity index (χ4v) is 3.98. The van der Waals surface area contributed by atoms with Crippen molar-refractivity contribution >= 4 is 18.6 Å². The van der Waals surface area contributed by atoms with E-state index in [1.54, 1.807) is 0 Å². The standard InChI is InChI=1S/C24H32BNO3/c1-7-24(5,6)26(23(2,3)4)17-19-15-11-12-16-20(19)25-28-21(22(27)29-25)18-13-9-8-10-14-18/h8-16,21H,7,17H2,1-6H3. The lowest BCUT2D eigenvalue weighted by Gasteiger charge is -2.47. The molecule has 0 amide bonds. The maximum Gasteiger partial charge on any atom is 0.565 e. The van der Waals surface area contributed by atoms with Gasteiger partial charge in [0.15, 0.2) is 6.10 Å². The van der Waals surface area contributed by atoms with Crippen LogP contribution in [0.15, 0.2) is 54.6 Å². The van der Waals surface area contributed by atoms with Gasteiger partial charge in [0.05, 0.1) is 0 Å². The van der Waals surface area contributed by atoms with E-state index in [0.717, 1.165) is 29.6 Å². The van der Waals surface area contributed by atoms with Gasteiger partial charge in [0.25, 0.3) is 0 Å². The molecule has 1 aliphatic heterocycles. The summed E-state index contributed by atoms with van der Waals surface area (Å²) in [5.74, 6) is -0.336. The Balaban J connectivity index is 1.89. The van der Waals surface area contributed by atoms with Crippen molar-refractivity contribution in [2.24, 2.45) is 0 Å². The SMILES string of the molecule is CCC(C)(C)N(Cc1ccccc1B1OC(=O)C(c2ccccc2)O1)C(C)(C)C. The summed E-state index contributed by atoms with van der Waals surface area (Å²) in [7, 11) is -0.685. The van der Waals surface area contributed by atoms with Crippen molar-refractivity contribution in [3.8, 4) is 0 Å². The van der Waals surface area contributed by atoms with Crippen LogP contribution in [0, 0.1) is 0 Å². The second-order valence-corrected chi connectivity index (χ2v) is 9.32. The predicted octanol–water partition coefficient (Wildman–Crippen LogP) is 4.49. The summed E-state index contributed by atoms with van der Waals surface area (Å²) in [6.07, 6.45) is 0.359. The molecule has 1 fully saturated rings. The molecule has 0 saturated carbocycles. The van der Waals surface area contributed by atoms with Gasteiger partial charge in [-0.2, -0.15) is 0 Å². The fourth-order valence-electron chi connectivity index (χ4n) is 3.98. The molecule has 1 unspecified atom stereocenters. The lowest BCUT2D eigenvalue weighted by molar-refractivity contribution is -0.136. The third kappa shape index (κ3) is 4.73. The van der Waals surface area contributed by atoms with Gasteiger partial charge in [0.2, 0.25) is 0 Å². The minimum atomic E-state index is -0.685. The van der Waals surface area contributed by atoms with Gasteiger partial charge in [0.1, 0.15) is 0 Å². The van der Waals surface area contributed by atoms with Gasteiger partial charge in [-0.3, -0.25) is 9.69 Å². The first-order valence-electron chi connectivity index (χ1n) is 10.4. The first-order chi connectivity index (χ1) is 13.6. The number of carbonyl (C=O) groups excluding carboxylic acids is 1. The van der Waals surface area contributed by atoms with Crippen LogP contribution in [0.3, 0.4) is 0 Å². The fraction of sp³-hybridized carbons (Fsp3) is 0.458. The van der Waals surface area contributed by atoms with E-state index in [1.807, 2.05) is 48.5 Å². The van der Waals surface area contributed by atoms with Crippen LogP contribution < -0.4 is 5.46 Å². The summed E-state index contributed by atoms with van der Waals surface area (Å²) in [6, 6.07) is 17.6. The molecule has 0 radical (unpaired) electrons. The van der Waals surface area contributed by atoms with Crippen LogP contribution in [0.5, 0.6) is 0 Å². The van der Waals surface area contributed by atoms with Gasteiger partial charge < -0.3 is 9.31 Å². The molecule has 29 heavy (non-hydrogen) atoms. The maximum absolute atomic E-state index is 12.5. The van der Waals surface area contributed by atoms with Crippen molar-refractivity contribution < 1.29 is 14.1 Å². The number of hydrogen-bond acceptors (Lipinski definition) is 4. The zero-order valence-electron chi connectivity index (χ0n) is 18.4. The van der Waals surface area contributed by atoms with E-state index >= 15 is 0 Å². The number of nitrogens with zero attached hydrogens (tertiary/aromatic N) is 1. The van der Waals surface area contributed by atoms with Crippen molar-refractivity contribution in [2.45, 2.75) is 71.7 Å². The van der Waals surface area contributed by atoms with E-state index in [0.29, 0.717) is 0 Å². The Kier molecular flexibility index (Phi) is 6.20. The first kappa shape index (κ1) is 21.6. The molecule has 1 atom stereocenters. The third-order valence-electron chi connectivity index (χ3n) is 5.84. The summed E-state index contributed by atoms with van der Waals surface area (Å²) in [5, 5.41) is 0. The number of carbonyl (C=O) groups is 1. The van der Waals surface area contributed by atoms with Gasteiger partial charge in [-0.1, -0.05) is 61.5 Å². The van der Waals surface area contributed by atoms with Crippen molar-refractivity contribution in [2.75, 3.05) is 0 Å². The summed E-state index contributed by atoms with van der Waals surface area (Å²) in [4.78, 5) is 15.0. The summed E-state index contributed by atoms with van der Waals surface area (Å²) >= 11 is 0. The van der Waals surface area contributed by atoms with Gasteiger partial charge in [-0.25, -0.2) is 0 Å². The van der Waals surface area contributed by atoms with Crippen LogP contribution in [0.1, 0.15) is 65.2 Å². The van der Waals surface area contributed by atoms with E-state index in [4.69, 9.17) is 9.31 Å². The van der Waals surface area contributed by atoms with E-state index < -0.39 is 13.2 Å².